The number of rotatable bonds is 4. The largest absolute Gasteiger partial charge is 0.383 e. The maximum absolute atomic E-state index is 12.9. The smallest absolute Gasteiger partial charge is 0.259 e. The summed E-state index contributed by atoms with van der Waals surface area (Å²) in [5.41, 5.74) is 8.51. The van der Waals surface area contributed by atoms with Gasteiger partial charge in [-0.1, -0.05) is 17.7 Å². The minimum Gasteiger partial charge on any atom is -0.383 e. The maximum atomic E-state index is 12.9. The molecular formula is C21H21N5O4. The molecule has 1 aliphatic rings. The van der Waals surface area contributed by atoms with Crippen molar-refractivity contribution in [3.05, 3.63) is 54.4 Å². The van der Waals surface area contributed by atoms with Gasteiger partial charge in [0.15, 0.2) is 12.2 Å². The summed E-state index contributed by atoms with van der Waals surface area (Å²) in [6.45, 7) is 2.51. The van der Waals surface area contributed by atoms with Gasteiger partial charge >= 0.3 is 0 Å². The molecule has 0 saturated carbocycles. The van der Waals surface area contributed by atoms with Gasteiger partial charge in [0.2, 0.25) is 0 Å². The van der Waals surface area contributed by atoms with Crippen LogP contribution in [0.3, 0.4) is 0 Å². The lowest BCUT2D eigenvalue weighted by Crippen LogP contribution is -2.55. The fourth-order valence-corrected chi connectivity index (χ4v) is 3.32. The van der Waals surface area contributed by atoms with Crippen LogP contribution in [0.15, 0.2) is 48.8 Å². The van der Waals surface area contributed by atoms with Crippen LogP contribution < -0.4 is 16.0 Å². The number of amides is 2. The van der Waals surface area contributed by atoms with Gasteiger partial charge in [-0.15, -0.1) is 0 Å². The number of carbonyl (C=O) groups excluding carboxylic acids is 2. The van der Waals surface area contributed by atoms with E-state index >= 15 is 0 Å². The summed E-state index contributed by atoms with van der Waals surface area (Å²) in [7, 11) is 0. The van der Waals surface area contributed by atoms with Gasteiger partial charge in [-0.2, -0.15) is 0 Å². The number of nitrogens with one attached hydrogen (secondary N) is 1. The van der Waals surface area contributed by atoms with Crippen molar-refractivity contribution in [1.29, 1.82) is 0 Å². The van der Waals surface area contributed by atoms with Crippen molar-refractivity contribution >= 4 is 39.9 Å². The average molecular weight is 407 g/mol. The number of aryl methyl sites for hydroxylation is 1. The highest BCUT2D eigenvalue weighted by molar-refractivity contribution is 6.04. The lowest BCUT2D eigenvalue weighted by molar-refractivity contribution is -0.150. The quantitative estimate of drug-likeness (QED) is 0.593. The number of aliphatic hydroxyl groups is 1. The molecule has 9 heteroatoms. The first kappa shape index (κ1) is 19.7. The summed E-state index contributed by atoms with van der Waals surface area (Å²) in [6, 6.07) is 12.3. The molecule has 9 nitrogen and oxygen atoms in total. The number of hydrogen-bond acceptors (Lipinski definition) is 7. The van der Waals surface area contributed by atoms with E-state index in [1.54, 1.807) is 18.2 Å². The Morgan fingerprint density at radius 1 is 1.27 bits per heavy atom. The molecule has 1 aromatic heterocycles. The number of carbonyl (C=O) groups is 2. The number of fused-ring (bicyclic) bond motifs is 1. The molecule has 30 heavy (non-hydrogen) atoms. The Labute approximate surface area is 172 Å². The maximum Gasteiger partial charge on any atom is 0.259 e. The van der Waals surface area contributed by atoms with Gasteiger partial charge in [-0.25, -0.2) is 9.97 Å². The lowest BCUT2D eigenvalue weighted by atomic mass is 10.1. The molecule has 0 aliphatic carbocycles. The zero-order valence-corrected chi connectivity index (χ0v) is 16.3. The van der Waals surface area contributed by atoms with E-state index in [1.165, 1.54) is 11.2 Å². The highest BCUT2D eigenvalue weighted by Gasteiger charge is 2.39. The minimum absolute atomic E-state index is 0.209. The molecule has 0 unspecified atom stereocenters. The molecule has 0 radical (unpaired) electrons. The number of nitrogens with two attached hydrogens (primary N) is 1. The number of anilines is 3. The van der Waals surface area contributed by atoms with Crippen LogP contribution >= 0.6 is 0 Å². The van der Waals surface area contributed by atoms with E-state index < -0.39 is 24.0 Å². The third-order valence-corrected chi connectivity index (χ3v) is 4.96. The van der Waals surface area contributed by atoms with Crippen molar-refractivity contribution < 1.29 is 19.4 Å². The number of hydrogen-bond donors (Lipinski definition) is 3. The van der Waals surface area contributed by atoms with Crippen LogP contribution in [-0.2, 0) is 14.3 Å². The first-order valence-corrected chi connectivity index (χ1v) is 9.43. The van der Waals surface area contributed by atoms with E-state index in [4.69, 9.17) is 10.5 Å². The van der Waals surface area contributed by atoms with E-state index in [0.717, 1.165) is 5.56 Å². The molecule has 4 N–H and O–H groups in total. The Bertz CT molecular complexity index is 1100. The van der Waals surface area contributed by atoms with Crippen molar-refractivity contribution in [2.45, 2.75) is 19.1 Å². The van der Waals surface area contributed by atoms with Gasteiger partial charge in [0.1, 0.15) is 12.1 Å². The van der Waals surface area contributed by atoms with Crippen LogP contribution in [-0.4, -0.2) is 52.2 Å². The summed E-state index contributed by atoms with van der Waals surface area (Å²) < 4.78 is 5.43. The van der Waals surface area contributed by atoms with Crippen molar-refractivity contribution in [3.8, 4) is 0 Å². The number of nitrogens with zero attached hydrogens (tertiary/aromatic N) is 3. The summed E-state index contributed by atoms with van der Waals surface area (Å²) in [5, 5.41) is 13.8. The van der Waals surface area contributed by atoms with Gasteiger partial charge < -0.3 is 25.8 Å². The summed E-state index contributed by atoms with van der Waals surface area (Å²) >= 11 is 0. The van der Waals surface area contributed by atoms with Crippen molar-refractivity contribution in [2.24, 2.45) is 0 Å². The van der Waals surface area contributed by atoms with Gasteiger partial charge in [0.25, 0.3) is 11.8 Å². The minimum atomic E-state index is -1.67. The second kappa shape index (κ2) is 8.05. The Hall–Kier alpha value is -3.56. The molecule has 2 aromatic carbocycles. The third-order valence-electron chi connectivity index (χ3n) is 4.96. The molecule has 0 spiro atoms. The first-order valence-electron chi connectivity index (χ1n) is 9.43. The number of morpholine rings is 1. The molecule has 2 atom stereocenters. The van der Waals surface area contributed by atoms with Crippen molar-refractivity contribution in [2.75, 3.05) is 29.1 Å². The fourth-order valence-electron chi connectivity index (χ4n) is 3.32. The van der Waals surface area contributed by atoms with Crippen LogP contribution in [0.5, 0.6) is 0 Å². The number of ether oxygens (including phenoxy) is 1. The van der Waals surface area contributed by atoms with E-state index in [-0.39, 0.29) is 6.61 Å². The van der Waals surface area contributed by atoms with Gasteiger partial charge in [0, 0.05) is 23.3 Å². The molecule has 1 saturated heterocycles. The predicted octanol–water partition coefficient (Wildman–Crippen LogP) is 1.25. The standard InChI is InChI=1S/C21H21N5O4/c1-12-2-5-14(6-3-12)26-8-9-30-18(21(26)29)17(27)20(28)25-13-4-7-15-16(10-13)23-11-24-19(15)22/h2-7,10-11,17-18,27H,8-9H2,1H3,(H,25,28)(H2,22,23,24)/t17-,18-/m1/s1. The molecule has 154 valence electrons. The summed E-state index contributed by atoms with van der Waals surface area (Å²) in [4.78, 5) is 35.0. The third kappa shape index (κ3) is 3.80. The Balaban J connectivity index is 1.49. The lowest BCUT2D eigenvalue weighted by Gasteiger charge is -2.34. The van der Waals surface area contributed by atoms with E-state index in [1.807, 2.05) is 31.2 Å². The molecule has 1 fully saturated rings. The first-order chi connectivity index (χ1) is 14.4. The highest BCUT2D eigenvalue weighted by Crippen LogP contribution is 2.23. The SMILES string of the molecule is Cc1ccc(N2CCO[C@H]([C@@H](O)C(=O)Nc3ccc4c(N)ncnc4c3)C2=O)cc1. The summed E-state index contributed by atoms with van der Waals surface area (Å²) in [6.07, 6.45) is -1.64. The Morgan fingerprint density at radius 3 is 2.80 bits per heavy atom. The van der Waals surface area contributed by atoms with Gasteiger partial charge in [0.05, 0.1) is 12.1 Å². The molecule has 2 heterocycles. The number of aromatic nitrogens is 2. The zero-order chi connectivity index (χ0) is 21.3. The second-order valence-electron chi connectivity index (χ2n) is 7.04. The van der Waals surface area contributed by atoms with Crippen molar-refractivity contribution in [1.82, 2.24) is 9.97 Å². The van der Waals surface area contributed by atoms with Crippen LogP contribution in [0.2, 0.25) is 0 Å². The van der Waals surface area contributed by atoms with E-state index in [0.29, 0.717) is 34.6 Å². The highest BCUT2D eigenvalue weighted by atomic mass is 16.5. The van der Waals surface area contributed by atoms with Crippen LogP contribution in [0.25, 0.3) is 10.9 Å². The average Bonchev–Trinajstić information content (AvgIpc) is 2.74. The monoisotopic (exact) mass is 407 g/mol. The molecular weight excluding hydrogens is 386 g/mol. The molecule has 4 rings (SSSR count). The van der Waals surface area contributed by atoms with Crippen LogP contribution in [0.4, 0.5) is 17.2 Å². The molecule has 2 amide bonds. The molecule has 1 aliphatic heterocycles. The summed E-state index contributed by atoms with van der Waals surface area (Å²) in [5.74, 6) is -0.887. The van der Waals surface area contributed by atoms with Gasteiger partial charge in [-0.05, 0) is 37.3 Å². The van der Waals surface area contributed by atoms with Crippen molar-refractivity contribution in [3.63, 3.8) is 0 Å². The Morgan fingerprint density at radius 2 is 2.03 bits per heavy atom. The zero-order valence-electron chi connectivity index (χ0n) is 16.3. The number of aliphatic hydroxyl groups excluding tert-OH is 1. The molecule has 0 bridgehead atoms. The van der Waals surface area contributed by atoms with E-state index in [2.05, 4.69) is 15.3 Å². The topological polar surface area (TPSA) is 131 Å². The Kier molecular flexibility index (Phi) is 5.30. The van der Waals surface area contributed by atoms with Gasteiger partial charge in [-0.3, -0.25) is 9.59 Å². The van der Waals surface area contributed by atoms with Crippen LogP contribution in [0, 0.1) is 6.92 Å². The second-order valence-corrected chi connectivity index (χ2v) is 7.04. The molecule has 3 aromatic rings. The fraction of sp³-hybridized carbons (Fsp3) is 0.238. The normalized spacial score (nSPS) is 17.7. The predicted molar refractivity (Wildman–Crippen MR) is 112 cm³/mol. The van der Waals surface area contributed by atoms with E-state index in [9.17, 15) is 14.7 Å². The van der Waals surface area contributed by atoms with Crippen LogP contribution in [0.1, 0.15) is 5.56 Å². The number of benzene rings is 2. The number of nitrogen functional groups attached to an aromatic ring is 1.